The van der Waals surface area contributed by atoms with Gasteiger partial charge in [-0.15, -0.1) is 0 Å². The zero-order chi connectivity index (χ0) is 12.1. The smallest absolute Gasteiger partial charge is 0.213 e. The highest BCUT2D eigenvalue weighted by atomic mass is 32.2. The summed E-state index contributed by atoms with van der Waals surface area (Å²) in [5.41, 5.74) is 0.0664. The van der Waals surface area contributed by atoms with Crippen LogP contribution in [-0.4, -0.2) is 45.7 Å². The van der Waals surface area contributed by atoms with Crippen LogP contribution >= 0.6 is 0 Å². The Morgan fingerprint density at radius 3 is 2.20 bits per heavy atom. The third kappa shape index (κ3) is 6.87. The molecule has 1 N–H and O–H groups in total. The number of likely N-dealkylation sites (N-methyl/N-ethyl adjacent to an activating group) is 2. The minimum Gasteiger partial charge on any atom is -0.318 e. The van der Waals surface area contributed by atoms with Crippen LogP contribution in [0.15, 0.2) is 0 Å². The third-order valence-electron chi connectivity index (χ3n) is 2.26. The minimum absolute atomic E-state index is 0.0664. The van der Waals surface area contributed by atoms with Crippen LogP contribution in [0.1, 0.15) is 27.2 Å². The Hall–Kier alpha value is -0.130. The van der Waals surface area contributed by atoms with Gasteiger partial charge in [0.15, 0.2) is 0 Å². The predicted octanol–water partition coefficient (Wildman–Crippen LogP) is 0.904. The van der Waals surface area contributed by atoms with Gasteiger partial charge in [0, 0.05) is 20.1 Å². The molecule has 0 saturated heterocycles. The summed E-state index contributed by atoms with van der Waals surface area (Å²) in [7, 11) is 0.377. The molecule has 15 heavy (non-hydrogen) atoms. The Kier molecular flexibility index (Phi) is 5.77. The van der Waals surface area contributed by atoms with Crippen molar-refractivity contribution >= 4 is 10.0 Å². The first-order chi connectivity index (χ1) is 6.69. The average Bonchev–Trinajstić information content (AvgIpc) is 2.10. The first-order valence-corrected chi connectivity index (χ1v) is 6.88. The predicted molar refractivity (Wildman–Crippen MR) is 64.4 cm³/mol. The van der Waals surface area contributed by atoms with E-state index in [0.717, 1.165) is 0 Å². The third-order valence-corrected chi connectivity index (χ3v) is 4.11. The van der Waals surface area contributed by atoms with E-state index in [1.54, 1.807) is 7.05 Å². The molecular weight excluding hydrogens is 212 g/mol. The molecule has 0 aromatic carbocycles. The van der Waals surface area contributed by atoms with Gasteiger partial charge in [-0.05, 0) is 18.9 Å². The molecule has 0 saturated carbocycles. The van der Waals surface area contributed by atoms with Crippen LogP contribution in [0, 0.1) is 5.41 Å². The van der Waals surface area contributed by atoms with Crippen LogP contribution in [-0.2, 0) is 10.0 Å². The fourth-order valence-electron chi connectivity index (χ4n) is 0.999. The lowest BCUT2D eigenvalue weighted by Gasteiger charge is -2.21. The average molecular weight is 236 g/mol. The van der Waals surface area contributed by atoms with Crippen molar-refractivity contribution < 1.29 is 8.42 Å². The van der Waals surface area contributed by atoms with Crippen molar-refractivity contribution in [1.29, 1.82) is 0 Å². The van der Waals surface area contributed by atoms with Gasteiger partial charge in [-0.3, -0.25) is 0 Å². The summed E-state index contributed by atoms with van der Waals surface area (Å²) in [6.45, 7) is 7.37. The van der Waals surface area contributed by atoms with Crippen LogP contribution in [0.2, 0.25) is 0 Å². The van der Waals surface area contributed by atoms with Crippen molar-refractivity contribution in [3.05, 3.63) is 0 Å². The van der Waals surface area contributed by atoms with Crippen LogP contribution in [0.4, 0.5) is 0 Å². The quantitative estimate of drug-likeness (QED) is 0.745. The van der Waals surface area contributed by atoms with Crippen molar-refractivity contribution in [3.8, 4) is 0 Å². The minimum atomic E-state index is -3.07. The SMILES string of the molecule is CNCCN(C)S(=O)(=O)CCC(C)(C)C. The molecule has 0 aromatic rings. The Morgan fingerprint density at radius 2 is 1.80 bits per heavy atom. The molecule has 5 heteroatoms. The molecule has 0 rings (SSSR count). The second-order valence-electron chi connectivity index (χ2n) is 5.05. The topological polar surface area (TPSA) is 49.4 Å². The number of nitrogens with zero attached hydrogens (tertiary/aromatic N) is 1. The summed E-state index contributed by atoms with van der Waals surface area (Å²) in [5.74, 6) is 0.233. The van der Waals surface area contributed by atoms with Crippen molar-refractivity contribution in [1.82, 2.24) is 9.62 Å². The number of rotatable bonds is 6. The van der Waals surface area contributed by atoms with Gasteiger partial charge in [-0.2, -0.15) is 0 Å². The molecule has 0 aliphatic heterocycles. The molecule has 0 spiro atoms. The Balaban J connectivity index is 4.18. The summed E-state index contributed by atoms with van der Waals surface area (Å²) < 4.78 is 25.0. The van der Waals surface area contributed by atoms with E-state index in [4.69, 9.17) is 0 Å². The van der Waals surface area contributed by atoms with Gasteiger partial charge in [-0.1, -0.05) is 20.8 Å². The van der Waals surface area contributed by atoms with Gasteiger partial charge < -0.3 is 5.32 Å². The second-order valence-corrected chi connectivity index (χ2v) is 7.25. The van der Waals surface area contributed by atoms with Gasteiger partial charge in [0.05, 0.1) is 5.75 Å². The summed E-state index contributed by atoms with van der Waals surface area (Å²) in [4.78, 5) is 0. The Bertz CT molecular complexity index is 268. The number of hydrogen-bond acceptors (Lipinski definition) is 3. The largest absolute Gasteiger partial charge is 0.318 e. The normalized spacial score (nSPS) is 13.5. The van der Waals surface area contributed by atoms with Crippen LogP contribution < -0.4 is 5.32 Å². The maximum absolute atomic E-state index is 11.8. The molecule has 0 unspecified atom stereocenters. The molecule has 0 heterocycles. The van der Waals surface area contributed by atoms with E-state index in [1.165, 1.54) is 4.31 Å². The molecule has 4 nitrogen and oxygen atoms in total. The van der Waals surface area contributed by atoms with E-state index in [-0.39, 0.29) is 11.2 Å². The molecule has 0 radical (unpaired) electrons. The van der Waals surface area contributed by atoms with Gasteiger partial charge in [0.2, 0.25) is 10.0 Å². The highest BCUT2D eigenvalue weighted by Crippen LogP contribution is 2.19. The lowest BCUT2D eigenvalue weighted by Crippen LogP contribution is -2.35. The van der Waals surface area contributed by atoms with Gasteiger partial charge in [0.1, 0.15) is 0 Å². The van der Waals surface area contributed by atoms with E-state index < -0.39 is 10.0 Å². The Morgan fingerprint density at radius 1 is 1.27 bits per heavy atom. The number of nitrogens with one attached hydrogen (secondary N) is 1. The number of hydrogen-bond donors (Lipinski definition) is 1. The number of sulfonamides is 1. The zero-order valence-corrected chi connectivity index (χ0v) is 11.3. The molecule has 0 atom stereocenters. The fourth-order valence-corrected chi connectivity index (χ4v) is 2.55. The molecular formula is C10H24N2O2S. The van der Waals surface area contributed by atoms with Crippen LogP contribution in [0.3, 0.4) is 0 Å². The first-order valence-electron chi connectivity index (χ1n) is 5.28. The van der Waals surface area contributed by atoms with Gasteiger partial charge in [-0.25, -0.2) is 12.7 Å². The fraction of sp³-hybridized carbons (Fsp3) is 1.00. The lowest BCUT2D eigenvalue weighted by molar-refractivity contribution is 0.389. The maximum Gasteiger partial charge on any atom is 0.213 e. The molecule has 0 amide bonds. The highest BCUT2D eigenvalue weighted by Gasteiger charge is 2.20. The van der Waals surface area contributed by atoms with Crippen molar-refractivity contribution in [2.45, 2.75) is 27.2 Å². The second kappa shape index (κ2) is 5.82. The molecule has 0 aromatic heterocycles. The molecule has 92 valence electrons. The molecule has 0 fully saturated rings. The van der Waals surface area contributed by atoms with Gasteiger partial charge in [0.25, 0.3) is 0 Å². The lowest BCUT2D eigenvalue weighted by atomic mass is 9.94. The van der Waals surface area contributed by atoms with Crippen LogP contribution in [0.5, 0.6) is 0 Å². The maximum atomic E-state index is 11.8. The zero-order valence-electron chi connectivity index (χ0n) is 10.5. The van der Waals surface area contributed by atoms with E-state index >= 15 is 0 Å². The first kappa shape index (κ1) is 14.9. The summed E-state index contributed by atoms with van der Waals surface area (Å²) in [6.07, 6.45) is 0.694. The summed E-state index contributed by atoms with van der Waals surface area (Å²) >= 11 is 0. The molecule has 0 aliphatic carbocycles. The monoisotopic (exact) mass is 236 g/mol. The molecule has 0 aliphatic rings. The Labute approximate surface area is 94.1 Å². The van der Waals surface area contributed by atoms with E-state index in [2.05, 4.69) is 26.1 Å². The van der Waals surface area contributed by atoms with E-state index in [1.807, 2.05) is 7.05 Å². The van der Waals surface area contributed by atoms with E-state index in [9.17, 15) is 8.42 Å². The van der Waals surface area contributed by atoms with Crippen molar-refractivity contribution in [3.63, 3.8) is 0 Å². The van der Waals surface area contributed by atoms with Crippen LogP contribution in [0.25, 0.3) is 0 Å². The van der Waals surface area contributed by atoms with E-state index in [0.29, 0.717) is 19.5 Å². The summed E-state index contributed by atoms with van der Waals surface area (Å²) in [6, 6.07) is 0. The summed E-state index contributed by atoms with van der Waals surface area (Å²) in [5, 5.41) is 2.94. The standard InChI is InChI=1S/C10H24N2O2S/c1-10(2,3)6-9-15(13,14)12(5)8-7-11-4/h11H,6-9H2,1-5H3. The van der Waals surface area contributed by atoms with Gasteiger partial charge >= 0.3 is 0 Å². The molecule has 0 bridgehead atoms. The van der Waals surface area contributed by atoms with Crippen molar-refractivity contribution in [2.24, 2.45) is 5.41 Å². The highest BCUT2D eigenvalue weighted by molar-refractivity contribution is 7.89. The van der Waals surface area contributed by atoms with Crippen molar-refractivity contribution in [2.75, 3.05) is 32.9 Å².